The number of aryl methyl sites for hydroxylation is 1. The summed E-state index contributed by atoms with van der Waals surface area (Å²) in [7, 11) is -3.07. The van der Waals surface area contributed by atoms with E-state index in [4.69, 9.17) is 0 Å². The zero-order chi connectivity index (χ0) is 14.8. The van der Waals surface area contributed by atoms with Crippen molar-refractivity contribution in [3.05, 3.63) is 40.4 Å². The van der Waals surface area contributed by atoms with Crippen LogP contribution in [0.15, 0.2) is 24.3 Å². The summed E-state index contributed by atoms with van der Waals surface area (Å²) in [6.45, 7) is 1.80. The Hall–Kier alpha value is -1.80. The van der Waals surface area contributed by atoms with E-state index in [1.807, 2.05) is 0 Å². The van der Waals surface area contributed by atoms with Crippen LogP contribution in [0.2, 0.25) is 0 Å². The lowest BCUT2D eigenvalue weighted by molar-refractivity contribution is 0.102. The van der Waals surface area contributed by atoms with Gasteiger partial charge in [0.25, 0.3) is 5.91 Å². The van der Waals surface area contributed by atoms with E-state index in [0.29, 0.717) is 16.3 Å². The van der Waals surface area contributed by atoms with Crippen molar-refractivity contribution in [1.29, 1.82) is 0 Å². The molecule has 1 heterocycles. The van der Waals surface area contributed by atoms with Crippen LogP contribution in [-0.2, 0) is 15.6 Å². The third-order valence-corrected chi connectivity index (χ3v) is 4.00. The number of nitrogens with one attached hydrogen (secondary N) is 1. The number of nitrogens with zero attached hydrogens (tertiary/aromatic N) is 2. The van der Waals surface area contributed by atoms with Crippen LogP contribution >= 0.6 is 11.3 Å². The number of anilines is 1. The largest absolute Gasteiger partial charge is 0.296 e. The lowest BCUT2D eigenvalue weighted by Gasteiger charge is -2.03. The number of sulfone groups is 1. The molecule has 2 rings (SSSR count). The fourth-order valence-corrected chi connectivity index (χ4v) is 2.96. The molecule has 8 heteroatoms. The number of hydrogen-bond acceptors (Lipinski definition) is 6. The van der Waals surface area contributed by atoms with E-state index < -0.39 is 9.84 Å². The van der Waals surface area contributed by atoms with Gasteiger partial charge in [0.15, 0.2) is 9.84 Å². The standard InChI is InChI=1S/C12H13N3O3S2/c1-8-14-15-12(19-8)13-11(16)10-5-3-9(4-6-10)7-20(2,17)18/h3-6H,7H2,1-2H3,(H,13,15,16). The van der Waals surface area contributed by atoms with E-state index in [-0.39, 0.29) is 11.7 Å². The van der Waals surface area contributed by atoms with Gasteiger partial charge >= 0.3 is 0 Å². The van der Waals surface area contributed by atoms with Crippen LogP contribution in [-0.4, -0.2) is 30.8 Å². The van der Waals surface area contributed by atoms with Gasteiger partial charge in [0, 0.05) is 11.8 Å². The molecule has 1 amide bonds. The van der Waals surface area contributed by atoms with Crippen LogP contribution in [0.4, 0.5) is 5.13 Å². The maximum atomic E-state index is 11.9. The molecule has 0 aliphatic heterocycles. The molecule has 0 saturated carbocycles. The van der Waals surface area contributed by atoms with Crippen LogP contribution < -0.4 is 5.32 Å². The van der Waals surface area contributed by atoms with Crippen LogP contribution in [0, 0.1) is 6.92 Å². The second-order valence-electron chi connectivity index (χ2n) is 4.35. The second-order valence-corrected chi connectivity index (χ2v) is 7.67. The molecule has 2 aromatic rings. The van der Waals surface area contributed by atoms with E-state index in [1.165, 1.54) is 17.6 Å². The summed E-state index contributed by atoms with van der Waals surface area (Å²) in [6, 6.07) is 6.43. The average Bonchev–Trinajstić information content (AvgIpc) is 2.73. The summed E-state index contributed by atoms with van der Waals surface area (Å²) in [4.78, 5) is 11.9. The normalized spacial score (nSPS) is 11.3. The first kappa shape index (κ1) is 14.6. The van der Waals surface area contributed by atoms with Crippen molar-refractivity contribution in [3.63, 3.8) is 0 Å². The number of benzene rings is 1. The predicted molar refractivity (Wildman–Crippen MR) is 77.6 cm³/mol. The average molecular weight is 311 g/mol. The maximum Gasteiger partial charge on any atom is 0.257 e. The Morgan fingerprint density at radius 2 is 1.90 bits per heavy atom. The van der Waals surface area contributed by atoms with Crippen LogP contribution in [0.3, 0.4) is 0 Å². The Morgan fingerprint density at radius 3 is 2.40 bits per heavy atom. The van der Waals surface area contributed by atoms with Gasteiger partial charge in [0.1, 0.15) is 5.01 Å². The van der Waals surface area contributed by atoms with Gasteiger partial charge in [-0.2, -0.15) is 0 Å². The molecule has 0 fully saturated rings. The number of carbonyl (C=O) groups is 1. The van der Waals surface area contributed by atoms with Crippen LogP contribution in [0.1, 0.15) is 20.9 Å². The monoisotopic (exact) mass is 311 g/mol. The van der Waals surface area contributed by atoms with Crippen molar-refractivity contribution < 1.29 is 13.2 Å². The maximum absolute atomic E-state index is 11.9. The highest BCUT2D eigenvalue weighted by atomic mass is 32.2. The Balaban J connectivity index is 2.07. The minimum atomic E-state index is -3.07. The van der Waals surface area contributed by atoms with Gasteiger partial charge in [-0.25, -0.2) is 8.42 Å². The Bertz CT molecular complexity index is 721. The topological polar surface area (TPSA) is 89.0 Å². The predicted octanol–water partition coefficient (Wildman–Crippen LogP) is 1.64. The summed E-state index contributed by atoms with van der Waals surface area (Å²) < 4.78 is 22.3. The van der Waals surface area contributed by atoms with Crippen molar-refractivity contribution in [2.24, 2.45) is 0 Å². The number of hydrogen-bond donors (Lipinski definition) is 1. The summed E-state index contributed by atoms with van der Waals surface area (Å²) in [5.41, 5.74) is 1.09. The molecule has 0 radical (unpaired) electrons. The summed E-state index contributed by atoms with van der Waals surface area (Å²) in [5.74, 6) is -0.336. The quantitative estimate of drug-likeness (QED) is 0.927. The molecule has 1 aromatic heterocycles. The fraction of sp³-hybridized carbons (Fsp3) is 0.250. The lowest BCUT2D eigenvalue weighted by atomic mass is 10.1. The van der Waals surface area contributed by atoms with Crippen molar-refractivity contribution in [2.75, 3.05) is 11.6 Å². The highest BCUT2D eigenvalue weighted by Gasteiger charge is 2.10. The van der Waals surface area contributed by atoms with E-state index in [2.05, 4.69) is 15.5 Å². The minimum absolute atomic E-state index is 0.0372. The molecule has 0 aliphatic carbocycles. The molecule has 0 bridgehead atoms. The van der Waals surface area contributed by atoms with Crippen LogP contribution in [0.25, 0.3) is 0 Å². The Kier molecular flexibility index (Phi) is 4.15. The third-order valence-electron chi connectivity index (χ3n) is 2.39. The molecule has 20 heavy (non-hydrogen) atoms. The molecule has 0 atom stereocenters. The highest BCUT2D eigenvalue weighted by molar-refractivity contribution is 7.89. The van der Waals surface area contributed by atoms with Gasteiger partial charge in [-0.15, -0.1) is 10.2 Å². The van der Waals surface area contributed by atoms with E-state index in [0.717, 1.165) is 5.01 Å². The molecule has 0 saturated heterocycles. The van der Waals surface area contributed by atoms with Crippen molar-refractivity contribution in [2.45, 2.75) is 12.7 Å². The minimum Gasteiger partial charge on any atom is -0.296 e. The van der Waals surface area contributed by atoms with Gasteiger partial charge in [-0.1, -0.05) is 23.5 Å². The third kappa shape index (κ3) is 4.10. The Labute approximate surface area is 120 Å². The van der Waals surface area contributed by atoms with Gasteiger partial charge in [0.2, 0.25) is 5.13 Å². The zero-order valence-corrected chi connectivity index (χ0v) is 12.6. The van der Waals surface area contributed by atoms with Crippen molar-refractivity contribution >= 4 is 32.2 Å². The molecule has 106 valence electrons. The highest BCUT2D eigenvalue weighted by Crippen LogP contribution is 2.15. The summed E-state index contributed by atoms with van der Waals surface area (Å²) >= 11 is 1.29. The van der Waals surface area contributed by atoms with Gasteiger partial charge < -0.3 is 0 Å². The molecular formula is C12H13N3O3S2. The smallest absolute Gasteiger partial charge is 0.257 e. The molecular weight excluding hydrogens is 298 g/mol. The number of aromatic nitrogens is 2. The SMILES string of the molecule is Cc1nnc(NC(=O)c2ccc(CS(C)(=O)=O)cc2)s1. The molecule has 0 unspecified atom stereocenters. The zero-order valence-electron chi connectivity index (χ0n) is 11.0. The van der Waals surface area contributed by atoms with Crippen molar-refractivity contribution in [3.8, 4) is 0 Å². The van der Waals surface area contributed by atoms with E-state index in [9.17, 15) is 13.2 Å². The molecule has 0 spiro atoms. The second kappa shape index (κ2) is 5.68. The Morgan fingerprint density at radius 1 is 1.25 bits per heavy atom. The molecule has 0 aliphatic rings. The number of rotatable bonds is 4. The lowest BCUT2D eigenvalue weighted by Crippen LogP contribution is -2.11. The first-order valence-corrected chi connectivity index (χ1v) is 8.59. The molecule has 1 N–H and O–H groups in total. The molecule has 6 nitrogen and oxygen atoms in total. The van der Waals surface area contributed by atoms with Crippen molar-refractivity contribution in [1.82, 2.24) is 10.2 Å². The van der Waals surface area contributed by atoms with Gasteiger partial charge in [-0.3, -0.25) is 10.1 Å². The van der Waals surface area contributed by atoms with Gasteiger partial charge in [-0.05, 0) is 24.6 Å². The molecule has 1 aromatic carbocycles. The van der Waals surface area contributed by atoms with Crippen LogP contribution in [0.5, 0.6) is 0 Å². The van der Waals surface area contributed by atoms with Gasteiger partial charge in [0.05, 0.1) is 5.75 Å². The summed E-state index contributed by atoms with van der Waals surface area (Å²) in [5, 5.41) is 11.4. The van der Waals surface area contributed by atoms with E-state index in [1.54, 1.807) is 31.2 Å². The number of amides is 1. The first-order valence-electron chi connectivity index (χ1n) is 5.71. The van der Waals surface area contributed by atoms with E-state index >= 15 is 0 Å². The fourth-order valence-electron chi connectivity index (χ4n) is 1.57. The summed E-state index contributed by atoms with van der Waals surface area (Å²) in [6.07, 6.45) is 1.17. The first-order chi connectivity index (χ1) is 9.33. The number of carbonyl (C=O) groups excluding carboxylic acids is 1.